The van der Waals surface area contributed by atoms with Crippen LogP contribution < -0.4 is 9.64 Å². The highest BCUT2D eigenvalue weighted by molar-refractivity contribution is 5.69. The van der Waals surface area contributed by atoms with Gasteiger partial charge in [0.05, 0.1) is 12.6 Å². The number of aromatic nitrogens is 4. The Morgan fingerprint density at radius 2 is 2.06 bits per heavy atom. The second kappa shape index (κ2) is 8.53. The van der Waals surface area contributed by atoms with Crippen LogP contribution in [-0.4, -0.2) is 61.9 Å². The first-order valence-electron chi connectivity index (χ1n) is 11.5. The topological polar surface area (TPSA) is 85.1 Å². The van der Waals surface area contributed by atoms with Gasteiger partial charge in [-0.05, 0) is 57.7 Å². The van der Waals surface area contributed by atoms with Gasteiger partial charge in [-0.2, -0.15) is 14.6 Å². The zero-order valence-electron chi connectivity index (χ0n) is 19.4. The Balaban J connectivity index is 1.31. The molecule has 9 heteroatoms. The van der Waals surface area contributed by atoms with Crippen molar-refractivity contribution in [1.82, 2.24) is 24.5 Å². The molecule has 0 radical (unpaired) electrons. The standard InChI is InChI=1S/C24H30N6O3/c1-24(2,3)33-23(31)28-13-10-17-6-4-8-20(19(17)14-28)32-15-18-7-5-12-29(18)21-9-11-25-22-26-16-27-30(21)22/h4,6,8-9,11,16,18H,5,7,10,12-15H2,1-3H3. The number of amides is 1. The van der Waals surface area contributed by atoms with Crippen LogP contribution in [0.25, 0.3) is 5.78 Å². The van der Waals surface area contributed by atoms with E-state index in [1.165, 1.54) is 11.9 Å². The summed E-state index contributed by atoms with van der Waals surface area (Å²) >= 11 is 0. The van der Waals surface area contributed by atoms with Crippen LogP contribution in [0, 0.1) is 0 Å². The minimum Gasteiger partial charge on any atom is -0.491 e. The Morgan fingerprint density at radius 3 is 2.91 bits per heavy atom. The Kier molecular flexibility index (Phi) is 5.55. The fourth-order valence-electron chi connectivity index (χ4n) is 4.61. The fourth-order valence-corrected chi connectivity index (χ4v) is 4.61. The van der Waals surface area contributed by atoms with E-state index in [1.54, 1.807) is 15.6 Å². The normalized spacial score (nSPS) is 18.5. The van der Waals surface area contributed by atoms with E-state index < -0.39 is 5.60 Å². The summed E-state index contributed by atoms with van der Waals surface area (Å²) in [7, 11) is 0. The number of carbonyl (C=O) groups excluding carboxylic acids is 1. The lowest BCUT2D eigenvalue weighted by atomic mass is 9.99. The quantitative estimate of drug-likeness (QED) is 0.602. The van der Waals surface area contributed by atoms with Crippen LogP contribution in [0.3, 0.4) is 0 Å². The van der Waals surface area contributed by atoms with Crippen LogP contribution in [0.15, 0.2) is 36.8 Å². The molecule has 4 heterocycles. The van der Waals surface area contributed by atoms with Crippen molar-refractivity contribution < 1.29 is 14.3 Å². The van der Waals surface area contributed by atoms with Crippen molar-refractivity contribution >= 4 is 17.7 Å². The van der Waals surface area contributed by atoms with Gasteiger partial charge in [-0.25, -0.2) is 9.78 Å². The number of ether oxygens (including phenoxy) is 2. The number of carbonyl (C=O) groups is 1. The van der Waals surface area contributed by atoms with Crippen LogP contribution in [-0.2, 0) is 17.7 Å². The maximum Gasteiger partial charge on any atom is 0.410 e. The molecule has 2 aromatic heterocycles. The molecule has 0 N–H and O–H groups in total. The van der Waals surface area contributed by atoms with Crippen molar-refractivity contribution in [2.45, 2.75) is 58.2 Å². The minimum absolute atomic E-state index is 0.223. The third kappa shape index (κ3) is 4.44. The van der Waals surface area contributed by atoms with E-state index in [1.807, 2.05) is 39.0 Å². The molecule has 1 saturated heterocycles. The molecule has 9 nitrogen and oxygen atoms in total. The van der Waals surface area contributed by atoms with Gasteiger partial charge in [0.15, 0.2) is 0 Å². The summed E-state index contributed by atoms with van der Waals surface area (Å²) in [4.78, 5) is 25.2. The zero-order valence-corrected chi connectivity index (χ0v) is 19.4. The zero-order chi connectivity index (χ0) is 23.0. The highest BCUT2D eigenvalue weighted by Gasteiger charge is 2.30. The molecule has 0 spiro atoms. The molecule has 33 heavy (non-hydrogen) atoms. The summed E-state index contributed by atoms with van der Waals surface area (Å²) < 4.78 is 13.7. The lowest BCUT2D eigenvalue weighted by molar-refractivity contribution is 0.0222. The van der Waals surface area contributed by atoms with Gasteiger partial charge in [-0.1, -0.05) is 12.1 Å². The molecular weight excluding hydrogens is 420 g/mol. The van der Waals surface area contributed by atoms with Gasteiger partial charge in [0.2, 0.25) is 0 Å². The summed E-state index contributed by atoms with van der Waals surface area (Å²) in [6.07, 6.45) is 5.94. The maximum absolute atomic E-state index is 12.6. The summed E-state index contributed by atoms with van der Waals surface area (Å²) in [5.41, 5.74) is 1.79. The Bertz CT molecular complexity index is 1150. The van der Waals surface area contributed by atoms with Gasteiger partial charge in [0.1, 0.15) is 30.1 Å². The monoisotopic (exact) mass is 450 g/mol. The van der Waals surface area contributed by atoms with Crippen LogP contribution >= 0.6 is 0 Å². The molecule has 1 aromatic carbocycles. The third-order valence-corrected chi connectivity index (χ3v) is 6.14. The number of rotatable bonds is 4. The van der Waals surface area contributed by atoms with E-state index in [0.717, 1.165) is 42.9 Å². The van der Waals surface area contributed by atoms with Crippen molar-refractivity contribution in [3.8, 4) is 5.75 Å². The van der Waals surface area contributed by atoms with E-state index in [9.17, 15) is 4.79 Å². The average molecular weight is 451 g/mol. The van der Waals surface area contributed by atoms with Crippen molar-refractivity contribution in [3.63, 3.8) is 0 Å². The molecular formula is C24H30N6O3. The van der Waals surface area contributed by atoms with Crippen LogP contribution in [0.4, 0.5) is 10.6 Å². The molecule has 0 saturated carbocycles. The molecule has 1 amide bonds. The molecule has 0 bridgehead atoms. The summed E-state index contributed by atoms with van der Waals surface area (Å²) in [5, 5.41) is 4.33. The van der Waals surface area contributed by atoms with E-state index in [4.69, 9.17) is 9.47 Å². The second-order valence-corrected chi connectivity index (χ2v) is 9.62. The molecule has 1 fully saturated rings. The van der Waals surface area contributed by atoms with E-state index in [2.05, 4.69) is 26.0 Å². The smallest absolute Gasteiger partial charge is 0.410 e. The number of hydrogen-bond donors (Lipinski definition) is 0. The van der Waals surface area contributed by atoms with E-state index in [0.29, 0.717) is 25.5 Å². The Labute approximate surface area is 193 Å². The van der Waals surface area contributed by atoms with Gasteiger partial charge in [-0.3, -0.25) is 0 Å². The minimum atomic E-state index is -0.512. The van der Waals surface area contributed by atoms with Crippen molar-refractivity contribution in [2.24, 2.45) is 0 Å². The highest BCUT2D eigenvalue weighted by Crippen LogP contribution is 2.31. The van der Waals surface area contributed by atoms with E-state index >= 15 is 0 Å². The summed E-state index contributed by atoms with van der Waals surface area (Å²) in [6.45, 7) is 8.31. The molecule has 2 aliphatic rings. The number of anilines is 1. The first-order valence-corrected chi connectivity index (χ1v) is 11.5. The molecule has 3 aromatic rings. The first kappa shape index (κ1) is 21.5. The number of hydrogen-bond acceptors (Lipinski definition) is 7. The second-order valence-electron chi connectivity index (χ2n) is 9.62. The van der Waals surface area contributed by atoms with Gasteiger partial charge >= 0.3 is 6.09 Å². The number of fused-ring (bicyclic) bond motifs is 2. The van der Waals surface area contributed by atoms with Gasteiger partial charge in [-0.15, -0.1) is 0 Å². The highest BCUT2D eigenvalue weighted by atomic mass is 16.6. The van der Waals surface area contributed by atoms with Crippen molar-refractivity contribution in [1.29, 1.82) is 0 Å². The molecule has 5 rings (SSSR count). The summed E-state index contributed by atoms with van der Waals surface area (Å²) in [6, 6.07) is 8.35. The Morgan fingerprint density at radius 1 is 1.18 bits per heavy atom. The van der Waals surface area contributed by atoms with Gasteiger partial charge in [0, 0.05) is 24.8 Å². The average Bonchev–Trinajstić information content (AvgIpc) is 3.45. The molecule has 2 aliphatic heterocycles. The predicted molar refractivity (Wildman–Crippen MR) is 123 cm³/mol. The summed E-state index contributed by atoms with van der Waals surface area (Å²) in [5.74, 6) is 2.42. The molecule has 1 unspecified atom stereocenters. The van der Waals surface area contributed by atoms with Crippen LogP contribution in [0.2, 0.25) is 0 Å². The van der Waals surface area contributed by atoms with Crippen molar-refractivity contribution in [3.05, 3.63) is 47.9 Å². The van der Waals surface area contributed by atoms with Crippen molar-refractivity contribution in [2.75, 3.05) is 24.6 Å². The largest absolute Gasteiger partial charge is 0.491 e. The van der Waals surface area contributed by atoms with E-state index in [-0.39, 0.29) is 12.1 Å². The Hall–Kier alpha value is -3.36. The number of benzene rings is 1. The van der Waals surface area contributed by atoms with Crippen LogP contribution in [0.1, 0.15) is 44.7 Å². The fraction of sp³-hybridized carbons (Fsp3) is 0.500. The number of nitrogens with zero attached hydrogens (tertiary/aromatic N) is 6. The predicted octanol–water partition coefficient (Wildman–Crippen LogP) is 3.47. The molecule has 1 atom stereocenters. The van der Waals surface area contributed by atoms with Crippen LogP contribution in [0.5, 0.6) is 5.75 Å². The molecule has 174 valence electrons. The lowest BCUT2D eigenvalue weighted by Gasteiger charge is -2.32. The first-order chi connectivity index (χ1) is 15.9. The SMILES string of the molecule is CC(C)(C)OC(=O)N1CCc2cccc(OCC3CCCN3c3ccnc4ncnn34)c2C1. The van der Waals surface area contributed by atoms with Gasteiger partial charge in [0.25, 0.3) is 5.78 Å². The maximum atomic E-state index is 12.6. The molecule has 0 aliphatic carbocycles. The van der Waals surface area contributed by atoms with Gasteiger partial charge < -0.3 is 19.3 Å². The lowest BCUT2D eigenvalue weighted by Crippen LogP contribution is -2.40. The third-order valence-electron chi connectivity index (χ3n) is 6.14.